The summed E-state index contributed by atoms with van der Waals surface area (Å²) in [6.07, 6.45) is 4.71. The third-order valence-corrected chi connectivity index (χ3v) is 5.79. The molecular weight excluding hydrogens is 288 g/mol. The van der Waals surface area contributed by atoms with Gasteiger partial charge in [-0.2, -0.15) is 0 Å². The molecular formula is C15H26N2O3S. The summed E-state index contributed by atoms with van der Waals surface area (Å²) in [6.45, 7) is 7.29. The standard InChI is InChI=1S/C15H26N2O3S/c1-4-5-9-17-13(3)12(2)16-15(17)21(18,19)11-14-8-6-7-10-20-14/h14H,4-11H2,1-3H3/t14-/m0/s1. The molecule has 2 heterocycles. The van der Waals surface area contributed by atoms with Gasteiger partial charge in [0.15, 0.2) is 0 Å². The number of rotatable bonds is 6. The van der Waals surface area contributed by atoms with Crippen LogP contribution >= 0.6 is 0 Å². The van der Waals surface area contributed by atoms with Crippen LogP contribution in [-0.2, 0) is 21.1 Å². The Labute approximate surface area is 127 Å². The van der Waals surface area contributed by atoms with Crippen LogP contribution < -0.4 is 0 Å². The molecule has 1 aliphatic rings. The van der Waals surface area contributed by atoms with Gasteiger partial charge in [0.05, 0.1) is 17.6 Å². The van der Waals surface area contributed by atoms with Crippen molar-refractivity contribution in [1.29, 1.82) is 0 Å². The quantitative estimate of drug-likeness (QED) is 0.810. The molecule has 0 bridgehead atoms. The number of aromatic nitrogens is 2. The SMILES string of the molecule is CCCCn1c(S(=O)(=O)C[C@@H]2CCCCO2)nc(C)c1C. The van der Waals surface area contributed by atoms with Crippen LogP contribution in [0.1, 0.15) is 50.4 Å². The van der Waals surface area contributed by atoms with Crippen LogP contribution in [0.4, 0.5) is 0 Å². The summed E-state index contributed by atoms with van der Waals surface area (Å²) in [6, 6.07) is 0. The molecule has 0 aromatic carbocycles. The van der Waals surface area contributed by atoms with Crippen molar-refractivity contribution in [3.63, 3.8) is 0 Å². The zero-order valence-corrected chi connectivity index (χ0v) is 14.1. The second kappa shape index (κ2) is 6.92. The summed E-state index contributed by atoms with van der Waals surface area (Å²) < 4.78 is 32.8. The van der Waals surface area contributed by atoms with Crippen LogP contribution in [0.15, 0.2) is 5.16 Å². The Morgan fingerprint density at radius 2 is 2.10 bits per heavy atom. The van der Waals surface area contributed by atoms with E-state index in [2.05, 4.69) is 11.9 Å². The lowest BCUT2D eigenvalue weighted by Gasteiger charge is -2.22. The average molecular weight is 314 g/mol. The van der Waals surface area contributed by atoms with Gasteiger partial charge < -0.3 is 9.30 Å². The van der Waals surface area contributed by atoms with E-state index in [0.717, 1.165) is 43.5 Å². The Kier molecular flexibility index (Phi) is 5.43. The van der Waals surface area contributed by atoms with Gasteiger partial charge in [0.2, 0.25) is 15.0 Å². The second-order valence-corrected chi connectivity index (χ2v) is 7.77. The van der Waals surface area contributed by atoms with Gasteiger partial charge in [-0.25, -0.2) is 13.4 Å². The molecule has 1 fully saturated rings. The summed E-state index contributed by atoms with van der Waals surface area (Å²) in [7, 11) is -3.40. The molecule has 0 amide bonds. The van der Waals surface area contributed by atoms with Gasteiger partial charge in [0.25, 0.3) is 0 Å². The Morgan fingerprint density at radius 3 is 2.71 bits per heavy atom. The molecule has 0 N–H and O–H groups in total. The molecule has 21 heavy (non-hydrogen) atoms. The van der Waals surface area contributed by atoms with Crippen molar-refractivity contribution in [1.82, 2.24) is 9.55 Å². The van der Waals surface area contributed by atoms with Gasteiger partial charge in [-0.15, -0.1) is 0 Å². The lowest BCUT2D eigenvalue weighted by Crippen LogP contribution is -2.29. The molecule has 120 valence electrons. The first-order chi connectivity index (χ1) is 9.95. The number of hydrogen-bond acceptors (Lipinski definition) is 4. The maximum Gasteiger partial charge on any atom is 0.228 e. The van der Waals surface area contributed by atoms with Gasteiger partial charge in [-0.3, -0.25) is 0 Å². The highest BCUT2D eigenvalue weighted by molar-refractivity contribution is 7.91. The number of ether oxygens (including phenoxy) is 1. The number of sulfone groups is 1. The van der Waals surface area contributed by atoms with Crippen molar-refractivity contribution in [3.8, 4) is 0 Å². The van der Waals surface area contributed by atoms with Crippen molar-refractivity contribution in [2.24, 2.45) is 0 Å². The van der Waals surface area contributed by atoms with E-state index in [4.69, 9.17) is 4.74 Å². The number of unbranched alkanes of at least 4 members (excludes halogenated alkanes) is 1. The molecule has 5 nitrogen and oxygen atoms in total. The highest BCUT2D eigenvalue weighted by atomic mass is 32.2. The Balaban J connectivity index is 2.24. The third-order valence-electron chi connectivity index (χ3n) is 4.12. The molecule has 1 aromatic heterocycles. The predicted molar refractivity (Wildman–Crippen MR) is 82.3 cm³/mol. The summed E-state index contributed by atoms with van der Waals surface area (Å²) in [5.74, 6) is 0.0506. The van der Waals surface area contributed by atoms with Crippen LogP contribution in [0.5, 0.6) is 0 Å². The van der Waals surface area contributed by atoms with E-state index < -0.39 is 9.84 Å². The average Bonchev–Trinajstić information content (AvgIpc) is 2.74. The van der Waals surface area contributed by atoms with Crippen molar-refractivity contribution in [2.45, 2.75) is 70.7 Å². The van der Waals surface area contributed by atoms with E-state index in [1.807, 2.05) is 18.4 Å². The fourth-order valence-electron chi connectivity index (χ4n) is 2.70. The maximum absolute atomic E-state index is 12.7. The minimum absolute atomic E-state index is 0.0506. The van der Waals surface area contributed by atoms with Gasteiger partial charge >= 0.3 is 0 Å². The topological polar surface area (TPSA) is 61.2 Å². The smallest absolute Gasteiger partial charge is 0.228 e. The van der Waals surface area contributed by atoms with Crippen molar-refractivity contribution in [3.05, 3.63) is 11.4 Å². The molecule has 0 unspecified atom stereocenters. The Morgan fingerprint density at radius 1 is 1.33 bits per heavy atom. The van der Waals surface area contributed by atoms with Gasteiger partial charge in [0, 0.05) is 18.8 Å². The van der Waals surface area contributed by atoms with E-state index in [1.54, 1.807) is 0 Å². The van der Waals surface area contributed by atoms with Gasteiger partial charge in [-0.05, 0) is 39.5 Å². The zero-order valence-electron chi connectivity index (χ0n) is 13.3. The molecule has 1 saturated heterocycles. The number of nitrogens with zero attached hydrogens (tertiary/aromatic N) is 2. The molecule has 1 aliphatic heterocycles. The first-order valence-corrected chi connectivity index (χ1v) is 9.49. The van der Waals surface area contributed by atoms with E-state index >= 15 is 0 Å². The Hall–Kier alpha value is -0.880. The van der Waals surface area contributed by atoms with Crippen LogP contribution in [0.2, 0.25) is 0 Å². The maximum atomic E-state index is 12.7. The fraction of sp³-hybridized carbons (Fsp3) is 0.800. The summed E-state index contributed by atoms with van der Waals surface area (Å²) in [5.41, 5.74) is 1.75. The molecule has 1 atom stereocenters. The second-order valence-electron chi connectivity index (χ2n) is 5.84. The van der Waals surface area contributed by atoms with E-state index in [-0.39, 0.29) is 17.0 Å². The van der Waals surface area contributed by atoms with Gasteiger partial charge in [0.1, 0.15) is 0 Å². The lowest BCUT2D eigenvalue weighted by atomic mass is 10.1. The van der Waals surface area contributed by atoms with E-state index in [0.29, 0.717) is 13.2 Å². The van der Waals surface area contributed by atoms with E-state index in [1.165, 1.54) is 0 Å². The molecule has 0 radical (unpaired) electrons. The normalized spacial score (nSPS) is 19.9. The van der Waals surface area contributed by atoms with E-state index in [9.17, 15) is 8.42 Å². The molecule has 0 aliphatic carbocycles. The zero-order chi connectivity index (χ0) is 15.5. The van der Waals surface area contributed by atoms with Crippen molar-refractivity contribution < 1.29 is 13.2 Å². The molecule has 0 spiro atoms. The largest absolute Gasteiger partial charge is 0.377 e. The van der Waals surface area contributed by atoms with Crippen LogP contribution in [0.3, 0.4) is 0 Å². The van der Waals surface area contributed by atoms with Gasteiger partial charge in [-0.1, -0.05) is 13.3 Å². The minimum atomic E-state index is -3.40. The van der Waals surface area contributed by atoms with Crippen molar-refractivity contribution >= 4 is 9.84 Å². The lowest BCUT2D eigenvalue weighted by molar-refractivity contribution is 0.0304. The molecule has 2 rings (SSSR count). The summed E-state index contributed by atoms with van der Waals surface area (Å²) in [4.78, 5) is 4.32. The first-order valence-electron chi connectivity index (χ1n) is 7.83. The Bertz CT molecular complexity index is 572. The van der Waals surface area contributed by atoms with Crippen LogP contribution in [-0.4, -0.2) is 36.4 Å². The molecule has 0 saturated carbocycles. The third kappa shape index (κ3) is 3.86. The number of imidazole rings is 1. The molecule has 1 aromatic rings. The monoisotopic (exact) mass is 314 g/mol. The highest BCUT2D eigenvalue weighted by Crippen LogP contribution is 2.21. The van der Waals surface area contributed by atoms with Crippen LogP contribution in [0, 0.1) is 13.8 Å². The summed E-state index contributed by atoms with van der Waals surface area (Å²) >= 11 is 0. The summed E-state index contributed by atoms with van der Waals surface area (Å²) in [5, 5.41) is 0.222. The number of aryl methyl sites for hydroxylation is 1. The molecule has 6 heteroatoms. The minimum Gasteiger partial charge on any atom is -0.377 e. The van der Waals surface area contributed by atoms with Crippen molar-refractivity contribution in [2.75, 3.05) is 12.4 Å². The number of hydrogen-bond donors (Lipinski definition) is 0. The fourth-order valence-corrected chi connectivity index (χ4v) is 4.44. The predicted octanol–water partition coefficient (Wildman–Crippen LogP) is 2.64. The first kappa shape index (κ1) is 16.5. The van der Waals surface area contributed by atoms with Crippen LogP contribution in [0.25, 0.3) is 0 Å². The highest BCUT2D eigenvalue weighted by Gasteiger charge is 2.28.